The van der Waals surface area contributed by atoms with E-state index in [4.69, 9.17) is 4.74 Å². The van der Waals surface area contributed by atoms with Gasteiger partial charge in [-0.1, -0.05) is 56.0 Å². The summed E-state index contributed by atoms with van der Waals surface area (Å²) in [5, 5.41) is 4.33. The van der Waals surface area contributed by atoms with E-state index in [0.717, 1.165) is 12.8 Å². The number of aromatic nitrogens is 2. The van der Waals surface area contributed by atoms with Gasteiger partial charge in [0, 0.05) is 13.2 Å². The van der Waals surface area contributed by atoms with Crippen LogP contribution in [0, 0.1) is 0 Å². The average Bonchev–Trinajstić information content (AvgIpc) is 2.68. The van der Waals surface area contributed by atoms with Crippen molar-refractivity contribution in [2.24, 2.45) is 0 Å². The summed E-state index contributed by atoms with van der Waals surface area (Å²) in [6.45, 7) is 2.34. The highest BCUT2D eigenvalue weighted by Gasteiger charge is 2.19. The number of para-hydroxylation sites is 1. The minimum Gasteiger partial charge on any atom is -0.383 e. The number of nitrogens with one attached hydrogen (secondary N) is 1. The number of carbonyl (C=O) groups excluding carboxylic acids is 1. The first-order valence-corrected chi connectivity index (χ1v) is 11.5. The standard InChI is InChI=1S/C22H31N3O3S/c1-16(14-28-2)25-21(27)18-12-8-9-13-19(18)24-22(25)29-15-20(26)23-17-10-6-4-3-5-7-11-17/h8-9,12-13,16-17H,3-7,10-11,14-15H2,1-2H3,(H,23,26)/t16-/m0/s1. The van der Waals surface area contributed by atoms with Crippen LogP contribution < -0.4 is 10.9 Å². The Balaban J connectivity index is 1.75. The van der Waals surface area contributed by atoms with E-state index >= 15 is 0 Å². The predicted octanol–water partition coefficient (Wildman–Crippen LogP) is 3.93. The normalized spacial score (nSPS) is 16.9. The Bertz CT molecular complexity index is 875. The van der Waals surface area contributed by atoms with Gasteiger partial charge in [0.15, 0.2) is 5.16 Å². The van der Waals surface area contributed by atoms with E-state index in [9.17, 15) is 9.59 Å². The summed E-state index contributed by atoms with van der Waals surface area (Å²) in [6.07, 6.45) is 8.29. The Morgan fingerprint density at radius 1 is 1.24 bits per heavy atom. The lowest BCUT2D eigenvalue weighted by Gasteiger charge is -2.21. The predicted molar refractivity (Wildman–Crippen MR) is 118 cm³/mol. The lowest BCUT2D eigenvalue weighted by molar-refractivity contribution is -0.119. The molecule has 0 aliphatic heterocycles. The van der Waals surface area contributed by atoms with Gasteiger partial charge in [0.2, 0.25) is 5.91 Å². The molecule has 1 amide bonds. The number of ether oxygens (including phenoxy) is 1. The molecule has 2 aromatic rings. The van der Waals surface area contributed by atoms with E-state index in [1.807, 2.05) is 25.1 Å². The second kappa shape index (κ2) is 10.8. The van der Waals surface area contributed by atoms with Gasteiger partial charge in [0.05, 0.1) is 29.3 Å². The van der Waals surface area contributed by atoms with E-state index in [1.54, 1.807) is 17.7 Å². The molecule has 0 unspecified atom stereocenters. The zero-order valence-electron chi connectivity index (χ0n) is 17.4. The molecule has 158 valence electrons. The molecule has 1 heterocycles. The highest BCUT2D eigenvalue weighted by Crippen LogP contribution is 2.22. The van der Waals surface area contributed by atoms with Crippen LogP contribution in [-0.4, -0.2) is 41.0 Å². The molecule has 29 heavy (non-hydrogen) atoms. The summed E-state index contributed by atoms with van der Waals surface area (Å²) >= 11 is 1.32. The fourth-order valence-corrected chi connectivity index (χ4v) is 4.84. The maximum atomic E-state index is 13.1. The third-order valence-electron chi connectivity index (χ3n) is 5.43. The maximum absolute atomic E-state index is 13.1. The molecule has 0 bridgehead atoms. The molecule has 1 N–H and O–H groups in total. The van der Waals surface area contributed by atoms with Gasteiger partial charge in [-0.05, 0) is 31.9 Å². The van der Waals surface area contributed by atoms with Gasteiger partial charge in [-0.25, -0.2) is 4.98 Å². The van der Waals surface area contributed by atoms with Gasteiger partial charge in [-0.3, -0.25) is 14.2 Å². The molecule has 1 aromatic carbocycles. The van der Waals surface area contributed by atoms with Gasteiger partial charge in [0.1, 0.15) is 0 Å². The number of fused-ring (bicyclic) bond motifs is 1. The van der Waals surface area contributed by atoms with Gasteiger partial charge in [-0.15, -0.1) is 0 Å². The Labute approximate surface area is 176 Å². The van der Waals surface area contributed by atoms with Gasteiger partial charge in [-0.2, -0.15) is 0 Å². The molecule has 7 heteroatoms. The minimum absolute atomic E-state index is 0.00826. The smallest absolute Gasteiger partial charge is 0.262 e. The van der Waals surface area contributed by atoms with Crippen LogP contribution in [0.25, 0.3) is 10.9 Å². The second-order valence-electron chi connectivity index (χ2n) is 7.79. The summed E-state index contributed by atoms with van der Waals surface area (Å²) in [5.74, 6) is 0.259. The van der Waals surface area contributed by atoms with E-state index in [-0.39, 0.29) is 29.3 Å². The van der Waals surface area contributed by atoms with Crippen LogP contribution in [0.5, 0.6) is 0 Å². The van der Waals surface area contributed by atoms with Gasteiger partial charge >= 0.3 is 0 Å². The van der Waals surface area contributed by atoms with Crippen molar-refractivity contribution in [1.82, 2.24) is 14.9 Å². The second-order valence-corrected chi connectivity index (χ2v) is 8.73. The van der Waals surface area contributed by atoms with Crippen molar-refractivity contribution in [2.75, 3.05) is 19.5 Å². The van der Waals surface area contributed by atoms with Crippen molar-refractivity contribution in [1.29, 1.82) is 0 Å². The third-order valence-corrected chi connectivity index (χ3v) is 6.38. The molecule has 6 nitrogen and oxygen atoms in total. The average molecular weight is 418 g/mol. The molecule has 1 fully saturated rings. The summed E-state index contributed by atoms with van der Waals surface area (Å²) in [7, 11) is 1.62. The van der Waals surface area contributed by atoms with Crippen molar-refractivity contribution < 1.29 is 9.53 Å². The molecule has 3 rings (SSSR count). The van der Waals surface area contributed by atoms with Crippen molar-refractivity contribution in [3.63, 3.8) is 0 Å². The summed E-state index contributed by atoms with van der Waals surface area (Å²) in [5.41, 5.74) is 0.560. The first-order chi connectivity index (χ1) is 14.1. The van der Waals surface area contributed by atoms with Crippen molar-refractivity contribution in [3.8, 4) is 0 Å². The minimum atomic E-state index is -0.166. The Kier molecular flexibility index (Phi) is 8.12. The highest BCUT2D eigenvalue weighted by molar-refractivity contribution is 7.99. The first-order valence-electron chi connectivity index (χ1n) is 10.5. The number of hydrogen-bond acceptors (Lipinski definition) is 5. The Morgan fingerprint density at radius 3 is 2.66 bits per heavy atom. The number of nitrogens with zero attached hydrogens (tertiary/aromatic N) is 2. The maximum Gasteiger partial charge on any atom is 0.262 e. The SMILES string of the molecule is COC[C@H](C)n1c(SCC(=O)NC2CCCCCCC2)nc2ccccc2c1=O. The van der Waals surface area contributed by atoms with Gasteiger partial charge in [0.25, 0.3) is 5.56 Å². The number of methoxy groups -OCH3 is 1. The number of rotatable bonds is 7. The molecule has 0 saturated heterocycles. The van der Waals surface area contributed by atoms with Crippen LogP contribution in [-0.2, 0) is 9.53 Å². The largest absolute Gasteiger partial charge is 0.383 e. The van der Waals surface area contributed by atoms with E-state index in [1.165, 1.54) is 43.9 Å². The number of carbonyl (C=O) groups is 1. The molecule has 0 radical (unpaired) electrons. The lowest BCUT2D eigenvalue weighted by atomic mass is 9.97. The number of benzene rings is 1. The van der Waals surface area contributed by atoms with E-state index in [0.29, 0.717) is 22.7 Å². The molecule has 1 aromatic heterocycles. The molecule has 1 saturated carbocycles. The molecular weight excluding hydrogens is 386 g/mol. The van der Waals surface area contributed by atoms with E-state index in [2.05, 4.69) is 10.3 Å². The monoisotopic (exact) mass is 417 g/mol. The zero-order chi connectivity index (χ0) is 20.6. The van der Waals surface area contributed by atoms with Crippen molar-refractivity contribution in [2.45, 2.75) is 69.1 Å². The van der Waals surface area contributed by atoms with Crippen LogP contribution in [0.15, 0.2) is 34.2 Å². The number of thioether (sulfide) groups is 1. The van der Waals surface area contributed by atoms with Crippen LogP contribution in [0.4, 0.5) is 0 Å². The van der Waals surface area contributed by atoms with Crippen molar-refractivity contribution in [3.05, 3.63) is 34.6 Å². The third kappa shape index (κ3) is 5.82. The van der Waals surface area contributed by atoms with E-state index < -0.39 is 0 Å². The zero-order valence-corrected chi connectivity index (χ0v) is 18.2. The first kappa shape index (κ1) is 21.8. The Hall–Kier alpha value is -1.86. The summed E-state index contributed by atoms with van der Waals surface area (Å²) in [6, 6.07) is 7.43. The number of amides is 1. The summed E-state index contributed by atoms with van der Waals surface area (Å²) in [4.78, 5) is 30.3. The molecule has 0 spiro atoms. The highest BCUT2D eigenvalue weighted by atomic mass is 32.2. The quantitative estimate of drug-likeness (QED) is 0.546. The van der Waals surface area contributed by atoms with Crippen LogP contribution in [0.3, 0.4) is 0 Å². The fraction of sp³-hybridized carbons (Fsp3) is 0.591. The summed E-state index contributed by atoms with van der Waals surface area (Å²) < 4.78 is 6.90. The Morgan fingerprint density at radius 2 is 1.93 bits per heavy atom. The molecule has 1 aliphatic rings. The number of hydrogen-bond donors (Lipinski definition) is 1. The van der Waals surface area contributed by atoms with Crippen LogP contribution in [0.1, 0.15) is 57.9 Å². The van der Waals surface area contributed by atoms with Crippen molar-refractivity contribution >= 4 is 28.6 Å². The fourth-order valence-electron chi connectivity index (χ4n) is 3.93. The van der Waals surface area contributed by atoms with Gasteiger partial charge < -0.3 is 10.1 Å². The molecule has 1 aliphatic carbocycles. The lowest BCUT2D eigenvalue weighted by Crippen LogP contribution is -2.36. The molecular formula is C22H31N3O3S. The molecule has 1 atom stereocenters. The topological polar surface area (TPSA) is 73.2 Å². The van der Waals surface area contributed by atoms with Crippen LogP contribution in [0.2, 0.25) is 0 Å². The van der Waals surface area contributed by atoms with Crippen LogP contribution >= 0.6 is 11.8 Å².